The standard InChI is InChI=1S/C24H35N5O7/c1-12(2)8-18(27-21(32)16(25)11-30)22(33)28-19(23(34)29-20(13(3)31)24(35)36)9-14-10-26-17-7-5-4-6-15(14)17/h4-7,10,12-13,16,18-20,26,30-31H,8-9,11,25H2,1-3H3,(H,27,32)(H,28,33)(H,29,34)(H,35,36). The van der Waals surface area contributed by atoms with Crippen LogP contribution < -0.4 is 21.7 Å². The van der Waals surface area contributed by atoms with E-state index in [1.54, 1.807) is 6.20 Å². The van der Waals surface area contributed by atoms with E-state index < -0.39 is 60.6 Å². The van der Waals surface area contributed by atoms with Crippen molar-refractivity contribution >= 4 is 34.6 Å². The van der Waals surface area contributed by atoms with Gasteiger partial charge in [0.05, 0.1) is 12.7 Å². The Bertz CT molecular complexity index is 1070. The minimum atomic E-state index is -1.59. The van der Waals surface area contributed by atoms with Crippen molar-refractivity contribution in [1.29, 1.82) is 0 Å². The SMILES string of the molecule is CC(C)CC(NC(=O)C(N)CO)C(=O)NC(Cc1c[nH]c2ccccc12)C(=O)NC(C(=O)O)C(C)O. The average Bonchev–Trinajstić information content (AvgIpc) is 3.22. The molecule has 0 spiro atoms. The summed E-state index contributed by atoms with van der Waals surface area (Å²) in [5.74, 6) is -3.66. The minimum Gasteiger partial charge on any atom is -0.480 e. The second kappa shape index (κ2) is 13.0. The lowest BCUT2D eigenvalue weighted by molar-refractivity contribution is -0.145. The average molecular weight is 506 g/mol. The number of benzene rings is 1. The van der Waals surface area contributed by atoms with Gasteiger partial charge in [0.1, 0.15) is 18.1 Å². The van der Waals surface area contributed by atoms with Crippen LogP contribution in [-0.4, -0.2) is 80.9 Å². The molecule has 3 amide bonds. The molecule has 1 heterocycles. The number of hydrogen-bond acceptors (Lipinski definition) is 7. The highest BCUT2D eigenvalue weighted by atomic mass is 16.4. The van der Waals surface area contributed by atoms with Gasteiger partial charge in [-0.05, 0) is 30.9 Å². The highest BCUT2D eigenvalue weighted by Gasteiger charge is 2.32. The molecule has 0 radical (unpaired) electrons. The number of aliphatic carboxylic acids is 1. The predicted molar refractivity (Wildman–Crippen MR) is 132 cm³/mol. The number of rotatable bonds is 13. The zero-order chi connectivity index (χ0) is 27.0. The van der Waals surface area contributed by atoms with Gasteiger partial charge in [0, 0.05) is 23.5 Å². The largest absolute Gasteiger partial charge is 0.480 e. The van der Waals surface area contributed by atoms with Crippen molar-refractivity contribution in [2.45, 2.75) is 63.9 Å². The summed E-state index contributed by atoms with van der Waals surface area (Å²) >= 11 is 0. The number of carboxylic acids is 1. The van der Waals surface area contributed by atoms with Crippen LogP contribution in [0.3, 0.4) is 0 Å². The van der Waals surface area contributed by atoms with Gasteiger partial charge in [0.25, 0.3) is 0 Å². The highest BCUT2D eigenvalue weighted by molar-refractivity contribution is 5.95. The van der Waals surface area contributed by atoms with E-state index in [0.717, 1.165) is 10.9 Å². The monoisotopic (exact) mass is 505 g/mol. The van der Waals surface area contributed by atoms with Gasteiger partial charge < -0.3 is 42.0 Å². The number of carbonyl (C=O) groups excluding carboxylic acids is 3. The lowest BCUT2D eigenvalue weighted by Crippen LogP contribution is -2.59. The molecule has 12 heteroatoms. The molecule has 36 heavy (non-hydrogen) atoms. The van der Waals surface area contributed by atoms with Crippen molar-refractivity contribution in [1.82, 2.24) is 20.9 Å². The first-order valence-corrected chi connectivity index (χ1v) is 11.7. The highest BCUT2D eigenvalue weighted by Crippen LogP contribution is 2.19. The molecular weight excluding hydrogens is 470 g/mol. The number of aromatic nitrogens is 1. The van der Waals surface area contributed by atoms with Crippen molar-refractivity contribution in [2.75, 3.05) is 6.61 Å². The lowest BCUT2D eigenvalue weighted by atomic mass is 10.00. The molecule has 2 aromatic rings. The van der Waals surface area contributed by atoms with E-state index in [1.165, 1.54) is 6.92 Å². The first kappa shape index (κ1) is 28.8. The number of nitrogens with one attached hydrogen (secondary N) is 4. The third-order valence-corrected chi connectivity index (χ3v) is 5.65. The topological polar surface area (TPSA) is 207 Å². The fourth-order valence-corrected chi connectivity index (χ4v) is 3.71. The van der Waals surface area contributed by atoms with Crippen molar-refractivity contribution in [2.24, 2.45) is 11.7 Å². The Morgan fingerprint density at radius 1 is 0.972 bits per heavy atom. The summed E-state index contributed by atoms with van der Waals surface area (Å²) < 4.78 is 0. The van der Waals surface area contributed by atoms with E-state index in [4.69, 9.17) is 10.8 Å². The van der Waals surface area contributed by atoms with Gasteiger partial charge in [-0.15, -0.1) is 0 Å². The van der Waals surface area contributed by atoms with Crippen LogP contribution in [0, 0.1) is 5.92 Å². The molecule has 9 N–H and O–H groups in total. The number of aliphatic hydroxyl groups excluding tert-OH is 2. The quantitative estimate of drug-likeness (QED) is 0.169. The fourth-order valence-electron chi connectivity index (χ4n) is 3.71. The van der Waals surface area contributed by atoms with E-state index in [1.807, 2.05) is 38.1 Å². The maximum Gasteiger partial charge on any atom is 0.328 e. The van der Waals surface area contributed by atoms with E-state index in [-0.39, 0.29) is 18.8 Å². The molecule has 0 saturated heterocycles. The van der Waals surface area contributed by atoms with Crippen LogP contribution in [-0.2, 0) is 25.6 Å². The zero-order valence-corrected chi connectivity index (χ0v) is 20.5. The summed E-state index contributed by atoms with van der Waals surface area (Å²) in [5.41, 5.74) is 7.07. The van der Waals surface area contributed by atoms with Crippen molar-refractivity contribution < 1.29 is 34.5 Å². The predicted octanol–water partition coefficient (Wildman–Crippen LogP) is -1.00. The fraction of sp³-hybridized carbons (Fsp3) is 0.500. The van der Waals surface area contributed by atoms with Crippen LogP contribution in [0.5, 0.6) is 0 Å². The van der Waals surface area contributed by atoms with E-state index >= 15 is 0 Å². The number of H-pyrrole nitrogens is 1. The van der Waals surface area contributed by atoms with Gasteiger partial charge in [-0.3, -0.25) is 14.4 Å². The molecule has 0 aliphatic carbocycles. The number of carboxylic acid groups (broad SMARTS) is 1. The van der Waals surface area contributed by atoms with Crippen molar-refractivity contribution in [3.05, 3.63) is 36.0 Å². The maximum absolute atomic E-state index is 13.2. The van der Waals surface area contributed by atoms with Gasteiger partial charge >= 0.3 is 5.97 Å². The zero-order valence-electron chi connectivity index (χ0n) is 20.5. The van der Waals surface area contributed by atoms with Crippen LogP contribution in [0.25, 0.3) is 10.9 Å². The first-order chi connectivity index (χ1) is 16.9. The maximum atomic E-state index is 13.2. The molecule has 0 fully saturated rings. The molecule has 12 nitrogen and oxygen atoms in total. The van der Waals surface area contributed by atoms with Gasteiger partial charge in [0.15, 0.2) is 6.04 Å². The normalized spacial score (nSPS) is 15.5. The van der Waals surface area contributed by atoms with Crippen LogP contribution in [0.2, 0.25) is 0 Å². The van der Waals surface area contributed by atoms with Crippen LogP contribution in [0.15, 0.2) is 30.5 Å². The molecule has 198 valence electrons. The summed E-state index contributed by atoms with van der Waals surface area (Å²) in [6.07, 6.45) is 0.534. The number of aromatic amines is 1. The van der Waals surface area contributed by atoms with Gasteiger partial charge in [-0.1, -0.05) is 32.0 Å². The Morgan fingerprint density at radius 3 is 2.17 bits per heavy atom. The van der Waals surface area contributed by atoms with Gasteiger partial charge in [-0.25, -0.2) is 4.79 Å². The Morgan fingerprint density at radius 2 is 1.58 bits per heavy atom. The van der Waals surface area contributed by atoms with Gasteiger partial charge in [0.2, 0.25) is 17.7 Å². The van der Waals surface area contributed by atoms with Crippen LogP contribution in [0.1, 0.15) is 32.8 Å². The summed E-state index contributed by atoms with van der Waals surface area (Å²) in [5, 5.41) is 36.5. The summed E-state index contributed by atoms with van der Waals surface area (Å²) in [7, 11) is 0. The Labute approximate surface area is 208 Å². The molecule has 0 aliphatic rings. The Balaban J connectivity index is 2.33. The molecule has 0 aliphatic heterocycles. The van der Waals surface area contributed by atoms with E-state index in [0.29, 0.717) is 5.56 Å². The summed E-state index contributed by atoms with van der Waals surface area (Å²) in [6, 6.07) is 2.25. The second-order valence-electron chi connectivity index (χ2n) is 9.17. The minimum absolute atomic E-state index is 0.00618. The van der Waals surface area contributed by atoms with E-state index in [9.17, 15) is 29.4 Å². The van der Waals surface area contributed by atoms with Crippen LogP contribution in [0.4, 0.5) is 0 Å². The molecular formula is C24H35N5O7. The molecule has 5 unspecified atom stereocenters. The number of carbonyl (C=O) groups is 4. The molecule has 0 saturated carbocycles. The molecule has 5 atom stereocenters. The summed E-state index contributed by atoms with van der Waals surface area (Å²) in [6.45, 7) is 4.30. The smallest absolute Gasteiger partial charge is 0.328 e. The Kier molecular flexibility index (Phi) is 10.4. The second-order valence-corrected chi connectivity index (χ2v) is 9.17. The van der Waals surface area contributed by atoms with Crippen LogP contribution >= 0.6 is 0 Å². The number of fused-ring (bicyclic) bond motifs is 1. The number of para-hydroxylation sites is 1. The number of amides is 3. The van der Waals surface area contributed by atoms with E-state index in [2.05, 4.69) is 20.9 Å². The van der Waals surface area contributed by atoms with Crippen molar-refractivity contribution in [3.8, 4) is 0 Å². The Hall–Kier alpha value is -3.48. The molecule has 2 rings (SSSR count). The molecule has 0 bridgehead atoms. The number of hydrogen-bond donors (Lipinski definition) is 8. The third kappa shape index (κ3) is 7.77. The summed E-state index contributed by atoms with van der Waals surface area (Å²) in [4.78, 5) is 53.2. The number of aliphatic hydroxyl groups is 2. The molecule has 1 aromatic heterocycles. The van der Waals surface area contributed by atoms with Crippen molar-refractivity contribution in [3.63, 3.8) is 0 Å². The van der Waals surface area contributed by atoms with Gasteiger partial charge in [-0.2, -0.15) is 0 Å². The first-order valence-electron chi connectivity index (χ1n) is 11.7. The third-order valence-electron chi connectivity index (χ3n) is 5.65. The molecule has 1 aromatic carbocycles. The lowest BCUT2D eigenvalue weighted by Gasteiger charge is -2.26. The number of nitrogens with two attached hydrogens (primary N) is 1.